The van der Waals surface area contributed by atoms with Crippen LogP contribution in [0.3, 0.4) is 0 Å². The second kappa shape index (κ2) is 11.7. The highest BCUT2D eigenvalue weighted by Crippen LogP contribution is 2.29. The molecule has 0 aromatic heterocycles. The summed E-state index contributed by atoms with van der Waals surface area (Å²) in [6, 6.07) is 26.8. The Morgan fingerprint density at radius 3 is 1.94 bits per heavy atom. The Kier molecular flexibility index (Phi) is 8.67. The number of hydrogen-bond donors (Lipinski definition) is 1. The van der Waals surface area contributed by atoms with Crippen molar-refractivity contribution in [2.75, 3.05) is 0 Å². The predicted molar refractivity (Wildman–Crippen MR) is 134 cm³/mol. The lowest BCUT2D eigenvalue weighted by Gasteiger charge is -2.31. The molecule has 172 valence electrons. The highest BCUT2D eigenvalue weighted by Gasteiger charge is 2.29. The molecule has 0 heterocycles. The number of nitrogens with zero attached hydrogens (tertiary/aromatic N) is 1. The van der Waals surface area contributed by atoms with E-state index >= 15 is 0 Å². The number of carbonyl (C=O) groups excluding carboxylic acids is 2. The van der Waals surface area contributed by atoms with Crippen LogP contribution < -0.4 is 5.32 Å². The van der Waals surface area contributed by atoms with Crippen molar-refractivity contribution in [2.45, 2.75) is 51.7 Å². The molecule has 0 spiro atoms. The van der Waals surface area contributed by atoms with Gasteiger partial charge in [-0.3, -0.25) is 9.59 Å². The standard InChI is InChI=1S/C28H31ClN2O2/c1-20(2)30-28(33)21(3)31(19-22-11-10-16-25(29)17-22)27(32)18-26(23-12-6-4-7-13-23)24-14-8-5-9-15-24/h4-17,20-21,26H,18-19H2,1-3H3,(H,30,33)/t21-/m1/s1. The van der Waals surface area contributed by atoms with Crippen LogP contribution in [0.15, 0.2) is 84.9 Å². The highest BCUT2D eigenvalue weighted by molar-refractivity contribution is 6.30. The number of amides is 2. The number of hydrogen-bond acceptors (Lipinski definition) is 2. The van der Waals surface area contributed by atoms with Gasteiger partial charge in [-0.1, -0.05) is 84.4 Å². The Morgan fingerprint density at radius 1 is 0.848 bits per heavy atom. The van der Waals surface area contributed by atoms with E-state index in [1.54, 1.807) is 17.9 Å². The van der Waals surface area contributed by atoms with Crippen molar-refractivity contribution in [3.63, 3.8) is 0 Å². The number of rotatable bonds is 9. The fourth-order valence-corrected chi connectivity index (χ4v) is 4.12. The number of halogens is 1. The van der Waals surface area contributed by atoms with E-state index < -0.39 is 6.04 Å². The first-order chi connectivity index (χ1) is 15.8. The second-order valence-corrected chi connectivity index (χ2v) is 9.01. The molecular formula is C28H31ClN2O2. The van der Waals surface area contributed by atoms with E-state index in [4.69, 9.17) is 11.6 Å². The molecule has 0 bridgehead atoms. The summed E-state index contributed by atoms with van der Waals surface area (Å²) in [7, 11) is 0. The van der Waals surface area contributed by atoms with Gasteiger partial charge in [0.05, 0.1) is 0 Å². The van der Waals surface area contributed by atoms with Gasteiger partial charge in [-0.05, 0) is 49.6 Å². The highest BCUT2D eigenvalue weighted by atomic mass is 35.5. The largest absolute Gasteiger partial charge is 0.352 e. The maximum absolute atomic E-state index is 13.7. The minimum Gasteiger partial charge on any atom is -0.352 e. The summed E-state index contributed by atoms with van der Waals surface area (Å²) in [5.74, 6) is -0.363. The molecule has 0 saturated carbocycles. The molecule has 3 aromatic rings. The summed E-state index contributed by atoms with van der Waals surface area (Å²) in [6.07, 6.45) is 0.258. The van der Waals surface area contributed by atoms with Crippen LogP contribution >= 0.6 is 11.6 Å². The van der Waals surface area contributed by atoms with E-state index in [0.29, 0.717) is 11.6 Å². The van der Waals surface area contributed by atoms with Crippen LogP contribution in [-0.4, -0.2) is 28.8 Å². The minimum atomic E-state index is -0.619. The van der Waals surface area contributed by atoms with E-state index in [1.807, 2.05) is 92.7 Å². The molecule has 0 aliphatic heterocycles. The van der Waals surface area contributed by atoms with E-state index in [9.17, 15) is 9.59 Å². The normalized spacial score (nSPS) is 11.9. The maximum atomic E-state index is 13.7. The molecule has 33 heavy (non-hydrogen) atoms. The first-order valence-corrected chi connectivity index (χ1v) is 11.7. The zero-order valence-corrected chi connectivity index (χ0v) is 20.1. The molecule has 3 rings (SSSR count). The van der Waals surface area contributed by atoms with Gasteiger partial charge in [0.2, 0.25) is 11.8 Å². The second-order valence-electron chi connectivity index (χ2n) is 8.57. The van der Waals surface area contributed by atoms with Crippen LogP contribution in [0, 0.1) is 0 Å². The maximum Gasteiger partial charge on any atom is 0.242 e. The van der Waals surface area contributed by atoms with Crippen LogP contribution in [0.2, 0.25) is 5.02 Å². The first-order valence-electron chi connectivity index (χ1n) is 11.3. The van der Waals surface area contributed by atoms with Gasteiger partial charge >= 0.3 is 0 Å². The van der Waals surface area contributed by atoms with Gasteiger partial charge in [-0.2, -0.15) is 0 Å². The Morgan fingerprint density at radius 2 is 1.42 bits per heavy atom. The van der Waals surface area contributed by atoms with E-state index in [0.717, 1.165) is 16.7 Å². The van der Waals surface area contributed by atoms with Crippen LogP contribution in [0.4, 0.5) is 0 Å². The SMILES string of the molecule is CC(C)NC(=O)[C@@H](C)N(Cc1cccc(Cl)c1)C(=O)CC(c1ccccc1)c1ccccc1. The fourth-order valence-electron chi connectivity index (χ4n) is 3.91. The molecule has 1 N–H and O–H groups in total. The Bertz CT molecular complexity index is 1010. The Balaban J connectivity index is 1.92. The number of benzene rings is 3. The van der Waals surface area contributed by atoms with Crippen molar-refractivity contribution in [1.29, 1.82) is 0 Å². The van der Waals surface area contributed by atoms with Crippen molar-refractivity contribution in [2.24, 2.45) is 0 Å². The van der Waals surface area contributed by atoms with Crippen molar-refractivity contribution < 1.29 is 9.59 Å². The number of carbonyl (C=O) groups is 2. The fraction of sp³-hybridized carbons (Fsp3) is 0.286. The smallest absolute Gasteiger partial charge is 0.242 e. The van der Waals surface area contributed by atoms with Gasteiger partial charge in [0, 0.05) is 29.9 Å². The molecule has 0 saturated heterocycles. The third-order valence-corrected chi connectivity index (χ3v) is 5.86. The topological polar surface area (TPSA) is 49.4 Å². The quantitative estimate of drug-likeness (QED) is 0.436. The Hall–Kier alpha value is -3.11. The summed E-state index contributed by atoms with van der Waals surface area (Å²) in [5.41, 5.74) is 3.02. The minimum absolute atomic E-state index is 0.00976. The van der Waals surface area contributed by atoms with Crippen molar-refractivity contribution in [3.8, 4) is 0 Å². The Labute approximate surface area is 201 Å². The van der Waals surface area contributed by atoms with E-state index in [-0.39, 0.29) is 30.2 Å². The summed E-state index contributed by atoms with van der Waals surface area (Å²) in [4.78, 5) is 28.2. The monoisotopic (exact) mass is 462 g/mol. The molecule has 0 unspecified atom stereocenters. The molecule has 0 fully saturated rings. The average molecular weight is 463 g/mol. The average Bonchev–Trinajstić information content (AvgIpc) is 2.81. The molecule has 0 radical (unpaired) electrons. The van der Waals surface area contributed by atoms with Crippen LogP contribution in [0.25, 0.3) is 0 Å². The van der Waals surface area contributed by atoms with E-state index in [2.05, 4.69) is 5.32 Å². The molecule has 2 amide bonds. The van der Waals surface area contributed by atoms with Gasteiger partial charge in [0.1, 0.15) is 6.04 Å². The van der Waals surface area contributed by atoms with Crippen LogP contribution in [0.1, 0.15) is 49.8 Å². The number of nitrogens with one attached hydrogen (secondary N) is 1. The third kappa shape index (κ3) is 6.93. The van der Waals surface area contributed by atoms with Crippen molar-refractivity contribution in [3.05, 3.63) is 107 Å². The molecule has 0 aliphatic rings. The molecule has 0 aliphatic carbocycles. The lowest BCUT2D eigenvalue weighted by Crippen LogP contribution is -2.49. The first kappa shape index (κ1) is 24.5. The summed E-state index contributed by atoms with van der Waals surface area (Å²) in [6.45, 7) is 5.91. The van der Waals surface area contributed by atoms with E-state index in [1.165, 1.54) is 0 Å². The van der Waals surface area contributed by atoms with Gasteiger partial charge < -0.3 is 10.2 Å². The zero-order valence-electron chi connectivity index (χ0n) is 19.4. The molecule has 3 aromatic carbocycles. The van der Waals surface area contributed by atoms with Gasteiger partial charge in [0.25, 0.3) is 0 Å². The van der Waals surface area contributed by atoms with Crippen molar-refractivity contribution >= 4 is 23.4 Å². The summed E-state index contributed by atoms with van der Waals surface area (Å²) >= 11 is 6.18. The van der Waals surface area contributed by atoms with Crippen LogP contribution in [0.5, 0.6) is 0 Å². The van der Waals surface area contributed by atoms with Crippen LogP contribution in [-0.2, 0) is 16.1 Å². The summed E-state index contributed by atoms with van der Waals surface area (Å²) < 4.78 is 0. The molecular weight excluding hydrogens is 432 g/mol. The predicted octanol–water partition coefficient (Wildman–Crippen LogP) is 5.80. The molecule has 4 nitrogen and oxygen atoms in total. The zero-order chi connectivity index (χ0) is 23.8. The van der Waals surface area contributed by atoms with Gasteiger partial charge in [-0.25, -0.2) is 0 Å². The van der Waals surface area contributed by atoms with Crippen molar-refractivity contribution in [1.82, 2.24) is 10.2 Å². The third-order valence-electron chi connectivity index (χ3n) is 5.62. The summed E-state index contributed by atoms with van der Waals surface area (Å²) in [5, 5.41) is 3.54. The lowest BCUT2D eigenvalue weighted by molar-refractivity contribution is -0.141. The molecule has 5 heteroatoms. The van der Waals surface area contributed by atoms with Gasteiger partial charge in [-0.15, -0.1) is 0 Å². The lowest BCUT2D eigenvalue weighted by atomic mass is 9.88. The van der Waals surface area contributed by atoms with Gasteiger partial charge in [0.15, 0.2) is 0 Å². The molecule has 1 atom stereocenters.